The van der Waals surface area contributed by atoms with Crippen molar-refractivity contribution < 1.29 is 18.8 Å². The van der Waals surface area contributed by atoms with Gasteiger partial charge in [0.15, 0.2) is 0 Å². The van der Waals surface area contributed by atoms with Crippen molar-refractivity contribution in [1.29, 1.82) is 0 Å². The van der Waals surface area contributed by atoms with E-state index in [9.17, 15) is 18.8 Å². The number of amides is 3. The number of likely N-dealkylation sites (N-methyl/N-ethyl adjacent to an activating group) is 1. The summed E-state index contributed by atoms with van der Waals surface area (Å²) in [6, 6.07) is -2.76. The fourth-order valence-electron chi connectivity index (χ4n) is 1.20. The third-order valence-corrected chi connectivity index (χ3v) is 2.04. The number of carbonyl (C=O) groups excluding carboxylic acids is 3. The van der Waals surface area contributed by atoms with Crippen LogP contribution in [0.2, 0.25) is 0 Å². The SMILES string of the molecule is CNC(CCCNC(N)=O)C(=O)NCC(=O)F. The Bertz CT molecular complexity index is 285. The quantitative estimate of drug-likeness (QED) is 0.313. The molecule has 0 aromatic rings. The minimum Gasteiger partial charge on any atom is -0.352 e. The average Bonchev–Trinajstić information content (AvgIpc) is 2.25. The second kappa shape index (κ2) is 8.45. The topological polar surface area (TPSA) is 113 Å². The molecule has 7 nitrogen and oxygen atoms in total. The van der Waals surface area contributed by atoms with E-state index in [2.05, 4.69) is 16.0 Å². The first-order valence-electron chi connectivity index (χ1n) is 5.14. The molecule has 0 aromatic heterocycles. The molecule has 0 heterocycles. The van der Waals surface area contributed by atoms with Crippen LogP contribution < -0.4 is 21.7 Å². The number of urea groups is 1. The van der Waals surface area contributed by atoms with Crippen LogP contribution in [-0.2, 0) is 9.59 Å². The zero-order chi connectivity index (χ0) is 13.3. The van der Waals surface area contributed by atoms with Crippen LogP contribution in [0.3, 0.4) is 0 Å². The van der Waals surface area contributed by atoms with Crippen LogP contribution in [0.25, 0.3) is 0 Å². The molecule has 3 amide bonds. The molecule has 0 rings (SSSR count). The Morgan fingerprint density at radius 2 is 1.94 bits per heavy atom. The fourth-order valence-corrected chi connectivity index (χ4v) is 1.20. The van der Waals surface area contributed by atoms with Gasteiger partial charge < -0.3 is 21.7 Å². The number of carbonyl (C=O) groups is 3. The molecule has 0 aliphatic rings. The van der Waals surface area contributed by atoms with Gasteiger partial charge in [-0.25, -0.2) is 4.79 Å². The lowest BCUT2D eigenvalue weighted by Crippen LogP contribution is -2.44. The number of hydrogen-bond acceptors (Lipinski definition) is 4. The second-order valence-electron chi connectivity index (χ2n) is 3.35. The summed E-state index contributed by atoms with van der Waals surface area (Å²) in [5.41, 5.74) is 4.86. The van der Waals surface area contributed by atoms with Gasteiger partial charge in [-0.15, -0.1) is 0 Å². The van der Waals surface area contributed by atoms with E-state index in [1.54, 1.807) is 7.05 Å². The van der Waals surface area contributed by atoms with E-state index in [4.69, 9.17) is 5.73 Å². The number of halogens is 1. The molecule has 5 N–H and O–H groups in total. The third-order valence-electron chi connectivity index (χ3n) is 2.04. The van der Waals surface area contributed by atoms with Gasteiger partial charge in [-0.1, -0.05) is 0 Å². The summed E-state index contributed by atoms with van der Waals surface area (Å²) in [7, 11) is 1.57. The van der Waals surface area contributed by atoms with Gasteiger partial charge in [0.05, 0.1) is 6.04 Å². The molecule has 1 unspecified atom stereocenters. The summed E-state index contributed by atoms with van der Waals surface area (Å²) in [6.45, 7) is -0.278. The molecule has 0 aliphatic heterocycles. The summed E-state index contributed by atoms with van der Waals surface area (Å²) in [4.78, 5) is 31.8. The van der Waals surface area contributed by atoms with Gasteiger partial charge in [0, 0.05) is 6.54 Å². The van der Waals surface area contributed by atoms with E-state index < -0.39 is 30.6 Å². The molecule has 0 aliphatic carbocycles. The minimum atomic E-state index is -1.59. The Morgan fingerprint density at radius 3 is 2.41 bits per heavy atom. The molecule has 0 saturated carbocycles. The van der Waals surface area contributed by atoms with Gasteiger partial charge in [-0.2, -0.15) is 4.39 Å². The van der Waals surface area contributed by atoms with Crippen LogP contribution in [-0.4, -0.2) is 44.2 Å². The highest BCUT2D eigenvalue weighted by Crippen LogP contribution is 1.96. The standard InChI is InChI=1S/C9H17FN4O3/c1-12-6(3-2-4-13-9(11)17)8(16)14-5-7(10)15/h6,12H,2-5H2,1H3,(H,14,16)(H3,11,13,17). The zero-order valence-corrected chi connectivity index (χ0v) is 9.59. The van der Waals surface area contributed by atoms with Gasteiger partial charge in [0.25, 0.3) is 0 Å². The van der Waals surface area contributed by atoms with Crippen LogP contribution >= 0.6 is 0 Å². The van der Waals surface area contributed by atoms with Crippen LogP contribution in [0, 0.1) is 0 Å². The van der Waals surface area contributed by atoms with Crippen LogP contribution in [0.5, 0.6) is 0 Å². The predicted molar refractivity (Wildman–Crippen MR) is 58.8 cm³/mol. The van der Waals surface area contributed by atoms with Gasteiger partial charge in [-0.3, -0.25) is 9.59 Å². The van der Waals surface area contributed by atoms with Crippen molar-refractivity contribution in [2.75, 3.05) is 20.1 Å². The Labute approximate surface area is 98.3 Å². The fraction of sp³-hybridized carbons (Fsp3) is 0.667. The molecule has 98 valence electrons. The van der Waals surface area contributed by atoms with Crippen LogP contribution in [0.15, 0.2) is 0 Å². The second-order valence-corrected chi connectivity index (χ2v) is 3.35. The van der Waals surface area contributed by atoms with Gasteiger partial charge in [-0.05, 0) is 19.9 Å². The maximum atomic E-state index is 11.9. The van der Waals surface area contributed by atoms with E-state index in [1.165, 1.54) is 0 Å². The first kappa shape index (κ1) is 15.3. The summed E-state index contributed by atoms with van der Waals surface area (Å²) in [5, 5.41) is 7.25. The van der Waals surface area contributed by atoms with E-state index in [-0.39, 0.29) is 0 Å². The Kier molecular flexibility index (Phi) is 7.61. The van der Waals surface area contributed by atoms with Crippen molar-refractivity contribution in [2.24, 2.45) is 5.73 Å². The van der Waals surface area contributed by atoms with Crippen LogP contribution in [0.1, 0.15) is 12.8 Å². The van der Waals surface area contributed by atoms with Crippen molar-refractivity contribution in [3.8, 4) is 0 Å². The van der Waals surface area contributed by atoms with E-state index in [1.807, 2.05) is 0 Å². The lowest BCUT2D eigenvalue weighted by Gasteiger charge is -2.14. The lowest BCUT2D eigenvalue weighted by molar-refractivity contribution is -0.132. The summed E-state index contributed by atoms with van der Waals surface area (Å²) >= 11 is 0. The Morgan fingerprint density at radius 1 is 1.29 bits per heavy atom. The summed E-state index contributed by atoms with van der Waals surface area (Å²) in [6.07, 6.45) is 0.967. The van der Waals surface area contributed by atoms with Crippen molar-refractivity contribution in [3.63, 3.8) is 0 Å². The molecule has 17 heavy (non-hydrogen) atoms. The number of rotatable bonds is 8. The predicted octanol–water partition coefficient (Wildman–Crippen LogP) is -1.36. The maximum Gasteiger partial charge on any atom is 0.320 e. The first-order valence-corrected chi connectivity index (χ1v) is 5.14. The van der Waals surface area contributed by atoms with Crippen LogP contribution in [0.4, 0.5) is 9.18 Å². The van der Waals surface area contributed by atoms with Gasteiger partial charge >= 0.3 is 12.1 Å². The van der Waals surface area contributed by atoms with Gasteiger partial charge in [0.1, 0.15) is 6.54 Å². The molecule has 8 heteroatoms. The zero-order valence-electron chi connectivity index (χ0n) is 9.59. The number of primary amides is 1. The molecule has 0 aromatic carbocycles. The minimum absolute atomic E-state index is 0.350. The molecule has 0 bridgehead atoms. The normalized spacial score (nSPS) is 11.6. The number of nitrogens with two attached hydrogens (primary N) is 1. The van der Waals surface area contributed by atoms with Crippen molar-refractivity contribution in [3.05, 3.63) is 0 Å². The molecular weight excluding hydrogens is 231 g/mol. The Balaban J connectivity index is 3.85. The Hall–Kier alpha value is -1.70. The smallest absolute Gasteiger partial charge is 0.320 e. The van der Waals surface area contributed by atoms with Crippen molar-refractivity contribution >= 4 is 18.0 Å². The molecule has 0 radical (unpaired) electrons. The summed E-state index contributed by atoms with van der Waals surface area (Å²) in [5.74, 6) is -0.461. The maximum absolute atomic E-state index is 11.9. The van der Waals surface area contributed by atoms with Crippen molar-refractivity contribution in [1.82, 2.24) is 16.0 Å². The van der Waals surface area contributed by atoms with Gasteiger partial charge in [0.2, 0.25) is 5.91 Å². The first-order chi connectivity index (χ1) is 7.97. The highest BCUT2D eigenvalue weighted by atomic mass is 19.1. The highest BCUT2D eigenvalue weighted by Gasteiger charge is 2.16. The number of hydrogen-bond donors (Lipinski definition) is 4. The highest BCUT2D eigenvalue weighted by molar-refractivity contribution is 5.85. The lowest BCUT2D eigenvalue weighted by atomic mass is 10.1. The molecule has 0 fully saturated rings. The average molecular weight is 248 g/mol. The molecule has 1 atom stereocenters. The third kappa shape index (κ3) is 8.14. The molecule has 0 spiro atoms. The number of nitrogens with one attached hydrogen (secondary N) is 3. The summed E-state index contributed by atoms with van der Waals surface area (Å²) < 4.78 is 11.9. The van der Waals surface area contributed by atoms with E-state index >= 15 is 0 Å². The molecular formula is C9H17FN4O3. The monoisotopic (exact) mass is 248 g/mol. The van der Waals surface area contributed by atoms with Crippen molar-refractivity contribution in [2.45, 2.75) is 18.9 Å². The largest absolute Gasteiger partial charge is 0.352 e. The van der Waals surface area contributed by atoms with E-state index in [0.29, 0.717) is 19.4 Å². The molecule has 0 saturated heterocycles. The van der Waals surface area contributed by atoms with E-state index in [0.717, 1.165) is 0 Å².